The number of hydrogen-bond donors (Lipinski definition) is 2. The van der Waals surface area contributed by atoms with Crippen molar-refractivity contribution in [1.82, 2.24) is 4.98 Å². The summed E-state index contributed by atoms with van der Waals surface area (Å²) in [6.07, 6.45) is 1.59. The molecular formula is C10H15N3Si. The van der Waals surface area contributed by atoms with E-state index in [4.69, 9.17) is 11.5 Å². The monoisotopic (exact) mass is 205 g/mol. The lowest BCUT2D eigenvalue weighted by molar-refractivity contribution is 1.32. The van der Waals surface area contributed by atoms with Crippen molar-refractivity contribution in [3.8, 4) is 11.5 Å². The zero-order valence-corrected chi connectivity index (χ0v) is 9.76. The number of rotatable bonds is 0. The fraction of sp³-hybridized carbons (Fsp3) is 0.300. The maximum atomic E-state index is 5.74. The predicted molar refractivity (Wildman–Crippen MR) is 63.3 cm³/mol. The van der Waals surface area contributed by atoms with Crippen LogP contribution < -0.4 is 11.5 Å². The van der Waals surface area contributed by atoms with Gasteiger partial charge in [-0.15, -0.1) is 5.54 Å². The highest BCUT2D eigenvalue weighted by Gasteiger charge is 2.08. The SMILES string of the molecule is C[Si](C)(C)C#Cc1c(N)ccnc1N. The molecule has 0 unspecified atom stereocenters. The molecule has 0 fully saturated rings. The molecule has 1 heterocycles. The van der Waals surface area contributed by atoms with Crippen LogP contribution >= 0.6 is 0 Å². The minimum atomic E-state index is -1.39. The zero-order valence-electron chi connectivity index (χ0n) is 8.76. The number of nitrogens with zero attached hydrogens (tertiary/aromatic N) is 1. The molecule has 0 aliphatic rings. The Bertz CT molecular complexity index is 376. The average Bonchev–Trinajstić information content (AvgIpc) is 2.01. The summed E-state index contributed by atoms with van der Waals surface area (Å²) in [5.74, 6) is 3.43. The second-order valence-electron chi connectivity index (χ2n) is 4.16. The molecule has 0 saturated heterocycles. The Hall–Kier alpha value is -1.47. The van der Waals surface area contributed by atoms with Gasteiger partial charge in [0.25, 0.3) is 0 Å². The molecule has 74 valence electrons. The van der Waals surface area contributed by atoms with Crippen molar-refractivity contribution in [2.75, 3.05) is 11.5 Å². The average molecular weight is 205 g/mol. The first kappa shape index (κ1) is 10.6. The van der Waals surface area contributed by atoms with E-state index in [1.807, 2.05) is 0 Å². The minimum Gasteiger partial charge on any atom is -0.398 e. The van der Waals surface area contributed by atoms with E-state index in [1.165, 1.54) is 0 Å². The van der Waals surface area contributed by atoms with Crippen LogP contribution in [-0.2, 0) is 0 Å². The quantitative estimate of drug-likeness (QED) is 0.498. The van der Waals surface area contributed by atoms with Gasteiger partial charge in [-0.1, -0.05) is 25.6 Å². The molecule has 0 radical (unpaired) electrons. The Morgan fingerprint density at radius 3 is 2.43 bits per heavy atom. The maximum Gasteiger partial charge on any atom is 0.141 e. The van der Waals surface area contributed by atoms with E-state index in [0.29, 0.717) is 17.1 Å². The van der Waals surface area contributed by atoms with Gasteiger partial charge in [0.05, 0.1) is 11.3 Å². The molecule has 0 spiro atoms. The van der Waals surface area contributed by atoms with Gasteiger partial charge in [0, 0.05) is 6.20 Å². The van der Waals surface area contributed by atoms with Crippen molar-refractivity contribution in [2.24, 2.45) is 0 Å². The van der Waals surface area contributed by atoms with E-state index in [0.717, 1.165) is 0 Å². The van der Waals surface area contributed by atoms with Gasteiger partial charge in [0.1, 0.15) is 13.9 Å². The van der Waals surface area contributed by atoms with E-state index in [1.54, 1.807) is 12.3 Å². The summed E-state index contributed by atoms with van der Waals surface area (Å²) in [5.41, 5.74) is 15.9. The molecule has 0 atom stereocenters. The van der Waals surface area contributed by atoms with Crippen LogP contribution in [0.3, 0.4) is 0 Å². The summed E-state index contributed by atoms with van der Waals surface area (Å²) in [6, 6.07) is 1.71. The van der Waals surface area contributed by atoms with Gasteiger partial charge in [0.15, 0.2) is 0 Å². The predicted octanol–water partition coefficient (Wildman–Crippen LogP) is 1.47. The smallest absolute Gasteiger partial charge is 0.141 e. The van der Waals surface area contributed by atoms with Crippen LogP contribution in [0.15, 0.2) is 12.3 Å². The van der Waals surface area contributed by atoms with Crippen molar-refractivity contribution in [2.45, 2.75) is 19.6 Å². The third-order valence-corrected chi connectivity index (χ3v) is 2.45. The van der Waals surface area contributed by atoms with E-state index in [-0.39, 0.29) is 0 Å². The van der Waals surface area contributed by atoms with Crippen LogP contribution in [-0.4, -0.2) is 13.1 Å². The molecule has 14 heavy (non-hydrogen) atoms. The Balaban J connectivity index is 3.13. The second-order valence-corrected chi connectivity index (χ2v) is 8.91. The van der Waals surface area contributed by atoms with Gasteiger partial charge in [-0.25, -0.2) is 4.98 Å². The molecule has 0 aliphatic heterocycles. The lowest BCUT2D eigenvalue weighted by Gasteiger charge is -2.05. The first-order chi connectivity index (χ1) is 6.40. The number of nitrogens with two attached hydrogens (primary N) is 2. The van der Waals surface area contributed by atoms with Crippen molar-refractivity contribution < 1.29 is 0 Å². The summed E-state index contributed by atoms with van der Waals surface area (Å²) >= 11 is 0. The Kier molecular flexibility index (Phi) is 2.82. The number of aromatic nitrogens is 1. The molecular weight excluding hydrogens is 190 g/mol. The molecule has 3 nitrogen and oxygen atoms in total. The first-order valence-electron chi connectivity index (χ1n) is 4.43. The zero-order chi connectivity index (χ0) is 10.8. The van der Waals surface area contributed by atoms with Crippen LogP contribution in [0.5, 0.6) is 0 Å². The lowest BCUT2D eigenvalue weighted by Crippen LogP contribution is -2.16. The molecule has 0 aliphatic carbocycles. The summed E-state index contributed by atoms with van der Waals surface area (Å²) in [7, 11) is -1.39. The third kappa shape index (κ3) is 2.78. The highest BCUT2D eigenvalue weighted by atomic mass is 28.3. The number of anilines is 2. The van der Waals surface area contributed by atoms with Gasteiger partial charge >= 0.3 is 0 Å². The molecule has 0 aromatic carbocycles. The van der Waals surface area contributed by atoms with Crippen molar-refractivity contribution in [1.29, 1.82) is 0 Å². The van der Waals surface area contributed by atoms with Gasteiger partial charge in [-0.2, -0.15) is 0 Å². The molecule has 1 aromatic rings. The van der Waals surface area contributed by atoms with Crippen LogP contribution in [0, 0.1) is 11.5 Å². The topological polar surface area (TPSA) is 64.9 Å². The lowest BCUT2D eigenvalue weighted by atomic mass is 10.2. The van der Waals surface area contributed by atoms with Gasteiger partial charge in [0.2, 0.25) is 0 Å². The molecule has 0 bridgehead atoms. The summed E-state index contributed by atoms with van der Waals surface area (Å²) < 4.78 is 0. The van der Waals surface area contributed by atoms with Gasteiger partial charge in [-0.3, -0.25) is 0 Å². The Morgan fingerprint density at radius 1 is 1.29 bits per heavy atom. The first-order valence-corrected chi connectivity index (χ1v) is 7.93. The van der Waals surface area contributed by atoms with Crippen molar-refractivity contribution in [3.63, 3.8) is 0 Å². The molecule has 0 amide bonds. The Morgan fingerprint density at radius 2 is 1.93 bits per heavy atom. The van der Waals surface area contributed by atoms with E-state index in [2.05, 4.69) is 36.1 Å². The van der Waals surface area contributed by atoms with E-state index in [9.17, 15) is 0 Å². The van der Waals surface area contributed by atoms with Gasteiger partial charge in [-0.05, 0) is 6.07 Å². The normalized spacial score (nSPS) is 10.5. The fourth-order valence-electron chi connectivity index (χ4n) is 0.880. The number of pyridine rings is 1. The van der Waals surface area contributed by atoms with Crippen LogP contribution in [0.2, 0.25) is 19.6 Å². The standard InChI is InChI=1S/C10H15N3Si/c1-14(2,3)7-5-8-9(11)4-6-13-10(8)12/h4,6H,1-3H3,(H4,11,12,13). The molecule has 4 heteroatoms. The van der Waals surface area contributed by atoms with Crippen molar-refractivity contribution >= 4 is 19.6 Å². The molecule has 0 saturated carbocycles. The largest absolute Gasteiger partial charge is 0.398 e. The molecule has 4 N–H and O–H groups in total. The fourth-order valence-corrected chi connectivity index (χ4v) is 1.38. The van der Waals surface area contributed by atoms with Gasteiger partial charge < -0.3 is 11.5 Å². The summed E-state index contributed by atoms with van der Waals surface area (Å²) in [5, 5.41) is 0. The number of nitrogen functional groups attached to an aromatic ring is 2. The van der Waals surface area contributed by atoms with Crippen LogP contribution in [0.25, 0.3) is 0 Å². The maximum absolute atomic E-state index is 5.74. The highest BCUT2D eigenvalue weighted by molar-refractivity contribution is 6.83. The molecule has 1 aromatic heterocycles. The third-order valence-electron chi connectivity index (χ3n) is 1.58. The van der Waals surface area contributed by atoms with Crippen molar-refractivity contribution in [3.05, 3.63) is 17.8 Å². The summed E-state index contributed by atoms with van der Waals surface area (Å²) in [4.78, 5) is 3.95. The second kappa shape index (κ2) is 3.72. The van der Waals surface area contributed by atoms with E-state index >= 15 is 0 Å². The highest BCUT2D eigenvalue weighted by Crippen LogP contribution is 2.14. The summed E-state index contributed by atoms with van der Waals surface area (Å²) in [6.45, 7) is 6.51. The van der Waals surface area contributed by atoms with Crippen LogP contribution in [0.4, 0.5) is 11.5 Å². The van der Waals surface area contributed by atoms with E-state index < -0.39 is 8.07 Å². The molecule has 1 rings (SSSR count). The Labute approximate surface area is 85.5 Å². The number of hydrogen-bond acceptors (Lipinski definition) is 3. The van der Waals surface area contributed by atoms with Crippen LogP contribution in [0.1, 0.15) is 5.56 Å². The minimum absolute atomic E-state index is 0.413.